The van der Waals surface area contributed by atoms with Crippen molar-refractivity contribution in [2.45, 2.75) is 32.9 Å². The maximum Gasteiger partial charge on any atom is 0.407 e. The Labute approximate surface area is 154 Å². The first kappa shape index (κ1) is 19.7. The maximum atomic E-state index is 12.4. The zero-order valence-electron chi connectivity index (χ0n) is 15.5. The molecular formula is C21H26N2O3. The van der Waals surface area contributed by atoms with Gasteiger partial charge in [-0.3, -0.25) is 4.79 Å². The number of hydrogen-bond acceptors (Lipinski definition) is 4. The molecule has 0 fully saturated rings. The van der Waals surface area contributed by atoms with Crippen LogP contribution in [0.5, 0.6) is 0 Å². The topological polar surface area (TPSA) is 67.4 Å². The summed E-state index contributed by atoms with van der Waals surface area (Å²) in [7, 11) is 0. The molecule has 1 amide bonds. The third kappa shape index (κ3) is 6.69. The van der Waals surface area contributed by atoms with Crippen LogP contribution in [0, 0.1) is 0 Å². The third-order valence-corrected chi connectivity index (χ3v) is 3.55. The summed E-state index contributed by atoms with van der Waals surface area (Å²) in [6.07, 6.45) is -0.414. The molecule has 0 aliphatic rings. The van der Waals surface area contributed by atoms with Gasteiger partial charge in [0.2, 0.25) is 0 Å². The van der Waals surface area contributed by atoms with Crippen molar-refractivity contribution in [2.24, 2.45) is 0 Å². The first-order chi connectivity index (χ1) is 12.3. The maximum absolute atomic E-state index is 12.4. The van der Waals surface area contributed by atoms with Crippen LogP contribution in [0.1, 0.15) is 42.3 Å². The van der Waals surface area contributed by atoms with Crippen molar-refractivity contribution < 1.29 is 14.3 Å². The number of carbonyl (C=O) groups is 2. The van der Waals surface area contributed by atoms with E-state index in [1.165, 1.54) is 0 Å². The molecule has 0 saturated heterocycles. The average Bonchev–Trinajstić information content (AvgIpc) is 2.60. The number of benzene rings is 2. The Morgan fingerprint density at radius 1 is 0.885 bits per heavy atom. The van der Waals surface area contributed by atoms with E-state index in [0.717, 1.165) is 5.56 Å². The van der Waals surface area contributed by atoms with Gasteiger partial charge in [0, 0.05) is 30.8 Å². The standard InChI is InChI=1S/C21H26N2O3/c1-21(2,3)26-20(25)23-14-13-22-15-16-9-11-18(12-10-16)19(24)17-7-5-4-6-8-17/h4-12,22H,13-15H2,1-3H3,(H,23,25). The van der Waals surface area contributed by atoms with E-state index in [4.69, 9.17) is 4.74 Å². The van der Waals surface area contributed by atoms with Crippen molar-refractivity contribution in [1.29, 1.82) is 0 Å². The fraction of sp³-hybridized carbons (Fsp3) is 0.333. The predicted octanol–water partition coefficient (Wildman–Crippen LogP) is 3.53. The van der Waals surface area contributed by atoms with Crippen molar-refractivity contribution in [3.63, 3.8) is 0 Å². The Bertz CT molecular complexity index is 719. The van der Waals surface area contributed by atoms with Gasteiger partial charge < -0.3 is 15.4 Å². The SMILES string of the molecule is CC(C)(C)OC(=O)NCCNCc1ccc(C(=O)c2ccccc2)cc1. The van der Waals surface area contributed by atoms with Crippen LogP contribution in [-0.2, 0) is 11.3 Å². The van der Waals surface area contributed by atoms with E-state index in [2.05, 4.69) is 10.6 Å². The molecule has 0 atom stereocenters. The number of carbonyl (C=O) groups excluding carboxylic acids is 2. The Balaban J connectivity index is 1.73. The molecule has 2 N–H and O–H groups in total. The molecule has 0 bridgehead atoms. The highest BCUT2D eigenvalue weighted by atomic mass is 16.6. The van der Waals surface area contributed by atoms with Gasteiger partial charge in [-0.1, -0.05) is 54.6 Å². The quantitative estimate of drug-likeness (QED) is 0.590. The molecule has 5 nitrogen and oxygen atoms in total. The number of alkyl carbamates (subject to hydrolysis) is 1. The molecule has 2 aromatic rings. The number of ether oxygens (including phenoxy) is 1. The molecule has 2 rings (SSSR count). The van der Waals surface area contributed by atoms with Crippen molar-refractivity contribution in [1.82, 2.24) is 10.6 Å². The monoisotopic (exact) mass is 354 g/mol. The lowest BCUT2D eigenvalue weighted by molar-refractivity contribution is 0.0528. The van der Waals surface area contributed by atoms with Gasteiger partial charge >= 0.3 is 6.09 Å². The van der Waals surface area contributed by atoms with Gasteiger partial charge in [-0.05, 0) is 26.3 Å². The average molecular weight is 354 g/mol. The molecule has 0 saturated carbocycles. The predicted molar refractivity (Wildman–Crippen MR) is 102 cm³/mol. The van der Waals surface area contributed by atoms with Crippen LogP contribution in [0.25, 0.3) is 0 Å². The summed E-state index contributed by atoms with van der Waals surface area (Å²) in [6, 6.07) is 16.8. The summed E-state index contributed by atoms with van der Waals surface area (Å²) < 4.78 is 5.16. The first-order valence-electron chi connectivity index (χ1n) is 8.71. The zero-order chi connectivity index (χ0) is 19.0. The highest BCUT2D eigenvalue weighted by Gasteiger charge is 2.15. The van der Waals surface area contributed by atoms with E-state index >= 15 is 0 Å². The second kappa shape index (κ2) is 9.15. The second-order valence-electron chi connectivity index (χ2n) is 7.00. The van der Waals surface area contributed by atoms with E-state index in [0.29, 0.717) is 30.8 Å². The van der Waals surface area contributed by atoms with Crippen LogP contribution >= 0.6 is 0 Å². The van der Waals surface area contributed by atoms with Gasteiger partial charge in [-0.25, -0.2) is 4.79 Å². The minimum Gasteiger partial charge on any atom is -0.444 e. The van der Waals surface area contributed by atoms with Gasteiger partial charge in [0.1, 0.15) is 5.60 Å². The first-order valence-corrected chi connectivity index (χ1v) is 8.71. The Hall–Kier alpha value is -2.66. The van der Waals surface area contributed by atoms with Crippen LogP contribution in [0.2, 0.25) is 0 Å². The molecule has 0 spiro atoms. The fourth-order valence-electron chi connectivity index (χ4n) is 2.33. The summed E-state index contributed by atoms with van der Waals surface area (Å²) >= 11 is 0. The van der Waals surface area contributed by atoms with Crippen molar-refractivity contribution in [3.8, 4) is 0 Å². The van der Waals surface area contributed by atoms with E-state index in [1.807, 2.05) is 75.4 Å². The Morgan fingerprint density at radius 3 is 2.12 bits per heavy atom. The van der Waals surface area contributed by atoms with Gasteiger partial charge in [0.15, 0.2) is 5.78 Å². The largest absolute Gasteiger partial charge is 0.444 e. The summed E-state index contributed by atoms with van der Waals surface area (Å²) in [5.74, 6) is 0.0201. The number of amides is 1. The van der Waals surface area contributed by atoms with Gasteiger partial charge in [0.25, 0.3) is 0 Å². The van der Waals surface area contributed by atoms with Crippen molar-refractivity contribution >= 4 is 11.9 Å². The number of hydrogen-bond donors (Lipinski definition) is 2. The molecule has 0 aromatic heterocycles. The lowest BCUT2D eigenvalue weighted by Gasteiger charge is -2.19. The number of rotatable bonds is 7. The summed E-state index contributed by atoms with van der Waals surface area (Å²) in [4.78, 5) is 23.9. The molecule has 5 heteroatoms. The smallest absolute Gasteiger partial charge is 0.407 e. The van der Waals surface area contributed by atoms with E-state index in [9.17, 15) is 9.59 Å². The third-order valence-electron chi connectivity index (χ3n) is 3.55. The van der Waals surface area contributed by atoms with Crippen LogP contribution in [0.4, 0.5) is 4.79 Å². The van der Waals surface area contributed by atoms with Crippen molar-refractivity contribution in [2.75, 3.05) is 13.1 Å². The van der Waals surface area contributed by atoms with Crippen LogP contribution in [0.15, 0.2) is 54.6 Å². The minimum absolute atomic E-state index is 0.0201. The Kier molecular flexibility index (Phi) is 6.92. The molecule has 138 valence electrons. The highest BCUT2D eigenvalue weighted by Crippen LogP contribution is 2.11. The molecule has 0 heterocycles. The highest BCUT2D eigenvalue weighted by molar-refractivity contribution is 6.08. The minimum atomic E-state index is -0.490. The van der Waals surface area contributed by atoms with Crippen LogP contribution in [-0.4, -0.2) is 30.6 Å². The molecular weight excluding hydrogens is 328 g/mol. The molecule has 0 aliphatic heterocycles. The van der Waals surface area contributed by atoms with E-state index in [-0.39, 0.29) is 5.78 Å². The molecule has 2 aromatic carbocycles. The normalized spacial score (nSPS) is 11.0. The number of nitrogens with one attached hydrogen (secondary N) is 2. The summed E-state index contributed by atoms with van der Waals surface area (Å²) in [5.41, 5.74) is 1.95. The van der Waals surface area contributed by atoms with Gasteiger partial charge in [0.05, 0.1) is 0 Å². The van der Waals surface area contributed by atoms with E-state index in [1.54, 1.807) is 0 Å². The lowest BCUT2D eigenvalue weighted by Crippen LogP contribution is -2.36. The summed E-state index contributed by atoms with van der Waals surface area (Å²) in [5, 5.41) is 5.94. The molecule has 26 heavy (non-hydrogen) atoms. The lowest BCUT2D eigenvalue weighted by atomic mass is 10.0. The zero-order valence-corrected chi connectivity index (χ0v) is 15.5. The molecule has 0 unspecified atom stereocenters. The van der Waals surface area contributed by atoms with Gasteiger partial charge in [-0.2, -0.15) is 0 Å². The fourth-order valence-corrected chi connectivity index (χ4v) is 2.33. The summed E-state index contributed by atoms with van der Waals surface area (Å²) in [6.45, 7) is 7.27. The van der Waals surface area contributed by atoms with Crippen molar-refractivity contribution in [3.05, 3.63) is 71.3 Å². The number of ketones is 1. The van der Waals surface area contributed by atoms with Crippen LogP contribution < -0.4 is 10.6 Å². The van der Waals surface area contributed by atoms with Gasteiger partial charge in [-0.15, -0.1) is 0 Å². The van der Waals surface area contributed by atoms with E-state index < -0.39 is 11.7 Å². The molecule has 0 radical (unpaired) electrons. The second-order valence-corrected chi connectivity index (χ2v) is 7.00. The molecule has 0 aliphatic carbocycles. The Morgan fingerprint density at radius 2 is 1.50 bits per heavy atom. The van der Waals surface area contributed by atoms with Crippen LogP contribution in [0.3, 0.4) is 0 Å².